The average molecular weight is 278 g/mol. The first kappa shape index (κ1) is 18.0. The van der Waals surface area contributed by atoms with Gasteiger partial charge >= 0.3 is 8.80 Å². The van der Waals surface area contributed by atoms with Crippen LogP contribution in [-0.2, 0) is 13.3 Å². The van der Waals surface area contributed by atoms with E-state index in [-0.39, 0.29) is 0 Å². The van der Waals surface area contributed by atoms with E-state index in [2.05, 4.69) is 0 Å². The molecule has 0 spiro atoms. The van der Waals surface area contributed by atoms with Crippen molar-refractivity contribution in [3.05, 3.63) is 0 Å². The maximum Gasteiger partial charge on any atom is 0.501 e. The third-order valence-electron chi connectivity index (χ3n) is 2.78. The fourth-order valence-electron chi connectivity index (χ4n) is 2.02. The van der Waals surface area contributed by atoms with Crippen LogP contribution in [0.15, 0.2) is 0 Å². The smallest absolute Gasteiger partial charge is 0.374 e. The molecule has 0 rings (SSSR count). The highest BCUT2D eigenvalue weighted by atomic mass is 28.4. The normalized spacial score (nSPS) is 13.8. The van der Waals surface area contributed by atoms with E-state index in [1.807, 2.05) is 20.8 Å². The van der Waals surface area contributed by atoms with Crippen LogP contribution in [0.4, 0.5) is 0 Å². The molecule has 0 amide bonds. The van der Waals surface area contributed by atoms with Crippen LogP contribution in [0, 0.1) is 5.92 Å². The summed E-state index contributed by atoms with van der Waals surface area (Å²) in [5.74, 6) is 0.366. The zero-order valence-electron chi connectivity index (χ0n) is 12.1. The maximum atomic E-state index is 5.83. The Labute approximate surface area is 113 Å². The first-order valence-corrected chi connectivity index (χ1v) is 8.93. The molecule has 0 bridgehead atoms. The molecule has 1 atom stereocenters. The van der Waals surface area contributed by atoms with Crippen molar-refractivity contribution < 1.29 is 13.3 Å². The van der Waals surface area contributed by atoms with Crippen molar-refractivity contribution in [2.24, 2.45) is 17.4 Å². The lowest BCUT2D eigenvalue weighted by Crippen LogP contribution is -2.48. The van der Waals surface area contributed by atoms with Gasteiger partial charge in [-0.05, 0) is 52.6 Å². The quantitative estimate of drug-likeness (QED) is 0.527. The maximum absolute atomic E-state index is 5.83. The summed E-state index contributed by atoms with van der Waals surface area (Å²) in [6, 6.07) is 0.791. The predicted molar refractivity (Wildman–Crippen MR) is 76.3 cm³/mol. The van der Waals surface area contributed by atoms with Crippen molar-refractivity contribution in [2.45, 2.75) is 39.7 Å². The van der Waals surface area contributed by atoms with Crippen LogP contribution < -0.4 is 11.5 Å². The van der Waals surface area contributed by atoms with Crippen molar-refractivity contribution in [3.8, 4) is 0 Å². The van der Waals surface area contributed by atoms with E-state index in [4.69, 9.17) is 24.7 Å². The molecule has 0 saturated heterocycles. The Balaban J connectivity index is 4.58. The van der Waals surface area contributed by atoms with Gasteiger partial charge in [-0.2, -0.15) is 0 Å². The van der Waals surface area contributed by atoms with Gasteiger partial charge in [-0.1, -0.05) is 0 Å². The van der Waals surface area contributed by atoms with Crippen LogP contribution in [0.3, 0.4) is 0 Å². The zero-order valence-corrected chi connectivity index (χ0v) is 13.1. The van der Waals surface area contributed by atoms with Crippen molar-refractivity contribution in [2.75, 3.05) is 32.9 Å². The van der Waals surface area contributed by atoms with E-state index >= 15 is 0 Å². The number of hydrogen-bond donors (Lipinski definition) is 2. The molecule has 18 heavy (non-hydrogen) atoms. The van der Waals surface area contributed by atoms with E-state index in [1.54, 1.807) is 0 Å². The second-order valence-electron chi connectivity index (χ2n) is 4.22. The van der Waals surface area contributed by atoms with Gasteiger partial charge in [-0.3, -0.25) is 0 Å². The molecule has 0 aliphatic heterocycles. The summed E-state index contributed by atoms with van der Waals surface area (Å²) in [6.45, 7) is 9.07. The van der Waals surface area contributed by atoms with Gasteiger partial charge in [0.25, 0.3) is 0 Å². The Morgan fingerprint density at radius 2 is 1.44 bits per heavy atom. The van der Waals surface area contributed by atoms with E-state index in [1.165, 1.54) is 0 Å². The van der Waals surface area contributed by atoms with Crippen molar-refractivity contribution >= 4 is 8.80 Å². The third kappa shape index (κ3) is 6.82. The van der Waals surface area contributed by atoms with E-state index in [9.17, 15) is 0 Å². The minimum atomic E-state index is -2.55. The Morgan fingerprint density at radius 3 is 1.78 bits per heavy atom. The lowest BCUT2D eigenvalue weighted by Gasteiger charge is -2.31. The molecule has 0 aromatic rings. The van der Waals surface area contributed by atoms with Crippen LogP contribution in [0.1, 0.15) is 33.6 Å². The van der Waals surface area contributed by atoms with Gasteiger partial charge in [0.05, 0.1) is 0 Å². The van der Waals surface area contributed by atoms with Crippen molar-refractivity contribution in [3.63, 3.8) is 0 Å². The molecule has 6 heteroatoms. The first-order chi connectivity index (χ1) is 8.67. The first-order valence-electron chi connectivity index (χ1n) is 6.99. The SMILES string of the molecule is CCO[Si](CC(CN)CCCN)(OCC)OCC. The Morgan fingerprint density at radius 1 is 0.944 bits per heavy atom. The van der Waals surface area contributed by atoms with Crippen LogP contribution in [0.2, 0.25) is 6.04 Å². The lowest BCUT2D eigenvalue weighted by molar-refractivity contribution is 0.0668. The molecule has 5 nitrogen and oxygen atoms in total. The predicted octanol–water partition coefficient (Wildman–Crippen LogP) is 1.35. The van der Waals surface area contributed by atoms with E-state index in [0.717, 1.165) is 18.9 Å². The van der Waals surface area contributed by atoms with Gasteiger partial charge in [-0.25, -0.2) is 0 Å². The van der Waals surface area contributed by atoms with Crippen LogP contribution in [0.25, 0.3) is 0 Å². The Hall–Kier alpha value is 0.0169. The topological polar surface area (TPSA) is 79.7 Å². The fraction of sp³-hybridized carbons (Fsp3) is 1.00. The molecule has 0 saturated carbocycles. The minimum absolute atomic E-state index is 0.366. The summed E-state index contributed by atoms with van der Waals surface area (Å²) < 4.78 is 17.5. The van der Waals surface area contributed by atoms with E-state index < -0.39 is 8.80 Å². The van der Waals surface area contributed by atoms with Crippen molar-refractivity contribution in [1.82, 2.24) is 0 Å². The summed E-state index contributed by atoms with van der Waals surface area (Å²) in [5, 5.41) is 0. The Bertz CT molecular complexity index is 179. The monoisotopic (exact) mass is 278 g/mol. The van der Waals surface area contributed by atoms with E-state index in [0.29, 0.717) is 38.8 Å². The van der Waals surface area contributed by atoms with Crippen LogP contribution >= 0.6 is 0 Å². The number of nitrogens with two attached hydrogens (primary N) is 2. The van der Waals surface area contributed by atoms with Crippen LogP contribution in [-0.4, -0.2) is 41.7 Å². The van der Waals surface area contributed by atoms with Gasteiger partial charge < -0.3 is 24.7 Å². The molecule has 0 aromatic heterocycles. The molecule has 0 aliphatic rings. The number of hydrogen-bond acceptors (Lipinski definition) is 5. The second kappa shape index (κ2) is 10.9. The largest absolute Gasteiger partial charge is 0.501 e. The molecule has 1 unspecified atom stereocenters. The third-order valence-corrected chi connectivity index (χ3v) is 6.04. The summed E-state index contributed by atoms with van der Waals surface area (Å²) in [4.78, 5) is 0. The molecule has 4 N–H and O–H groups in total. The van der Waals surface area contributed by atoms with Crippen molar-refractivity contribution in [1.29, 1.82) is 0 Å². The Kier molecular flexibility index (Phi) is 10.9. The number of rotatable bonds is 12. The second-order valence-corrected chi connectivity index (χ2v) is 6.86. The minimum Gasteiger partial charge on any atom is -0.374 e. The summed E-state index contributed by atoms with van der Waals surface area (Å²) in [5.41, 5.74) is 11.4. The highest BCUT2D eigenvalue weighted by molar-refractivity contribution is 6.60. The fourth-order valence-corrected chi connectivity index (χ4v) is 5.03. The zero-order chi connectivity index (χ0) is 13.9. The standard InChI is InChI=1S/C12H30N2O3Si/c1-4-15-18(16-5-2,17-6-3)11-12(10-14)8-7-9-13/h12H,4-11,13-14H2,1-3H3. The average Bonchev–Trinajstić information content (AvgIpc) is 2.35. The molecular formula is C12H30N2O3Si. The highest BCUT2D eigenvalue weighted by Gasteiger charge is 2.42. The molecule has 0 aliphatic carbocycles. The molecule has 0 radical (unpaired) electrons. The summed E-state index contributed by atoms with van der Waals surface area (Å²) >= 11 is 0. The molecule has 0 heterocycles. The van der Waals surface area contributed by atoms with Gasteiger partial charge in [0.2, 0.25) is 0 Å². The molecule has 0 aromatic carbocycles. The van der Waals surface area contributed by atoms with Gasteiger partial charge in [0.15, 0.2) is 0 Å². The van der Waals surface area contributed by atoms with Crippen LogP contribution in [0.5, 0.6) is 0 Å². The van der Waals surface area contributed by atoms with Gasteiger partial charge in [0, 0.05) is 25.9 Å². The molecular weight excluding hydrogens is 248 g/mol. The lowest BCUT2D eigenvalue weighted by atomic mass is 10.1. The summed E-state index contributed by atoms with van der Waals surface area (Å²) in [7, 11) is -2.55. The highest BCUT2D eigenvalue weighted by Crippen LogP contribution is 2.24. The summed E-state index contributed by atoms with van der Waals surface area (Å²) in [6.07, 6.45) is 1.99. The molecule has 0 fully saturated rings. The van der Waals surface area contributed by atoms with Gasteiger partial charge in [0.1, 0.15) is 0 Å². The van der Waals surface area contributed by atoms with Gasteiger partial charge in [-0.15, -0.1) is 0 Å². The molecule has 110 valence electrons.